The van der Waals surface area contributed by atoms with Crippen LogP contribution in [0, 0.1) is 0 Å². The second-order valence-electron chi connectivity index (χ2n) is 8.47. The fourth-order valence-electron chi connectivity index (χ4n) is 4.06. The predicted molar refractivity (Wildman–Crippen MR) is 129 cm³/mol. The number of fused-ring (bicyclic) bond motifs is 1. The van der Waals surface area contributed by atoms with E-state index in [1.165, 1.54) is 0 Å². The van der Waals surface area contributed by atoms with E-state index in [-0.39, 0.29) is 6.79 Å². The van der Waals surface area contributed by atoms with Gasteiger partial charge in [-0.2, -0.15) is 5.10 Å². The van der Waals surface area contributed by atoms with Crippen LogP contribution in [0.2, 0.25) is 0 Å². The Bertz CT molecular complexity index is 1070. The average molecular weight is 468 g/mol. The third-order valence-corrected chi connectivity index (χ3v) is 6.11. The number of rotatable bonds is 12. The zero-order valence-corrected chi connectivity index (χ0v) is 20.3. The number of benzene rings is 2. The molecule has 1 aliphatic rings. The highest BCUT2D eigenvalue weighted by Gasteiger charge is 2.32. The van der Waals surface area contributed by atoms with Crippen molar-refractivity contribution in [3.63, 3.8) is 0 Å². The van der Waals surface area contributed by atoms with Crippen molar-refractivity contribution in [3.05, 3.63) is 66.0 Å². The molecule has 4 rings (SSSR count). The van der Waals surface area contributed by atoms with Gasteiger partial charge in [0.25, 0.3) is 0 Å². The predicted octanol–water partition coefficient (Wildman–Crippen LogP) is 3.84. The number of aromatic nitrogens is 2. The minimum atomic E-state index is -0.613. The fraction of sp³-hybridized carbons (Fsp3) is 0.423. The van der Waals surface area contributed by atoms with E-state index in [1.807, 2.05) is 60.3 Å². The summed E-state index contributed by atoms with van der Waals surface area (Å²) in [4.78, 5) is 2.24. The van der Waals surface area contributed by atoms with Gasteiger partial charge in [-0.05, 0) is 56.3 Å². The van der Waals surface area contributed by atoms with Crippen LogP contribution in [0.3, 0.4) is 0 Å². The van der Waals surface area contributed by atoms with E-state index in [9.17, 15) is 0 Å². The van der Waals surface area contributed by atoms with E-state index in [1.54, 1.807) is 13.3 Å². The van der Waals surface area contributed by atoms with Crippen LogP contribution in [-0.4, -0.2) is 61.9 Å². The van der Waals surface area contributed by atoms with E-state index >= 15 is 0 Å². The summed E-state index contributed by atoms with van der Waals surface area (Å²) in [6, 6.07) is 15.7. The topological polar surface area (TPSA) is 67.2 Å². The van der Waals surface area contributed by atoms with E-state index in [0.29, 0.717) is 13.2 Å². The van der Waals surface area contributed by atoms with E-state index < -0.39 is 5.60 Å². The lowest BCUT2D eigenvalue weighted by molar-refractivity contribution is -0.0134. The molecule has 0 saturated heterocycles. The molecule has 0 aliphatic carbocycles. The first kappa shape index (κ1) is 23.9. The largest absolute Gasteiger partial charge is 0.497 e. The maximum atomic E-state index is 6.50. The number of hydrogen-bond donors (Lipinski definition) is 0. The molecule has 0 N–H and O–H groups in total. The molecule has 3 aromatic rings. The van der Waals surface area contributed by atoms with Crippen LogP contribution < -0.4 is 18.9 Å². The number of hydrogen-bond acceptors (Lipinski definition) is 7. The molecule has 2 heterocycles. The zero-order valence-electron chi connectivity index (χ0n) is 20.3. The second kappa shape index (κ2) is 10.8. The lowest BCUT2D eigenvalue weighted by Gasteiger charge is -2.31. The second-order valence-corrected chi connectivity index (χ2v) is 8.47. The summed E-state index contributed by atoms with van der Waals surface area (Å²) in [5, 5.41) is 4.35. The summed E-state index contributed by atoms with van der Waals surface area (Å²) < 4.78 is 30.3. The van der Waals surface area contributed by atoms with Crippen LogP contribution in [0.1, 0.15) is 24.6 Å². The summed E-state index contributed by atoms with van der Waals surface area (Å²) in [5.74, 6) is 3.10. The first-order chi connectivity index (χ1) is 16.5. The van der Waals surface area contributed by atoms with Gasteiger partial charge >= 0.3 is 0 Å². The Morgan fingerprint density at radius 2 is 1.76 bits per heavy atom. The van der Waals surface area contributed by atoms with Gasteiger partial charge in [-0.25, -0.2) is 0 Å². The molecule has 34 heavy (non-hydrogen) atoms. The van der Waals surface area contributed by atoms with Crippen molar-refractivity contribution in [3.8, 4) is 23.0 Å². The van der Waals surface area contributed by atoms with Crippen molar-refractivity contribution in [1.82, 2.24) is 14.7 Å². The molecule has 1 atom stereocenters. The van der Waals surface area contributed by atoms with Gasteiger partial charge in [-0.15, -0.1) is 0 Å². The van der Waals surface area contributed by atoms with E-state index in [2.05, 4.69) is 24.0 Å². The lowest BCUT2D eigenvalue weighted by Crippen LogP contribution is -2.32. The van der Waals surface area contributed by atoms with Crippen molar-refractivity contribution in [2.24, 2.45) is 7.05 Å². The highest BCUT2D eigenvalue weighted by atomic mass is 16.7. The molecule has 8 heteroatoms. The smallest absolute Gasteiger partial charge is 0.231 e. The third kappa shape index (κ3) is 5.46. The molecule has 1 aromatic heterocycles. The summed E-state index contributed by atoms with van der Waals surface area (Å²) in [6.45, 7) is 5.27. The molecular formula is C26H33N3O5. The van der Waals surface area contributed by atoms with Gasteiger partial charge in [-0.3, -0.25) is 4.68 Å². The van der Waals surface area contributed by atoms with Gasteiger partial charge in [0, 0.05) is 39.0 Å². The molecule has 1 unspecified atom stereocenters. The van der Waals surface area contributed by atoms with Crippen molar-refractivity contribution in [2.45, 2.75) is 18.9 Å². The maximum Gasteiger partial charge on any atom is 0.231 e. The summed E-state index contributed by atoms with van der Waals surface area (Å²) in [6.07, 6.45) is 2.69. The first-order valence-electron chi connectivity index (χ1n) is 11.5. The molecule has 2 aromatic carbocycles. The molecular weight excluding hydrogens is 434 g/mol. The van der Waals surface area contributed by atoms with Gasteiger partial charge in [0.2, 0.25) is 6.79 Å². The summed E-state index contributed by atoms with van der Waals surface area (Å²) in [7, 11) is 5.70. The first-order valence-corrected chi connectivity index (χ1v) is 11.5. The molecule has 182 valence electrons. The summed E-state index contributed by atoms with van der Waals surface area (Å²) in [5.41, 5.74) is 1.45. The Labute approximate surface area is 200 Å². The number of likely N-dealkylation sites (N-methyl/N-ethyl adjacent to an activating group) is 1. The molecule has 0 amide bonds. The van der Waals surface area contributed by atoms with Crippen LogP contribution >= 0.6 is 0 Å². The zero-order chi connectivity index (χ0) is 24.0. The molecule has 0 saturated carbocycles. The summed E-state index contributed by atoms with van der Waals surface area (Å²) >= 11 is 0. The van der Waals surface area contributed by atoms with Crippen LogP contribution in [0.5, 0.6) is 23.0 Å². The quantitative estimate of drug-likeness (QED) is 0.375. The van der Waals surface area contributed by atoms with Gasteiger partial charge < -0.3 is 28.6 Å². The molecule has 8 nitrogen and oxygen atoms in total. The molecule has 0 spiro atoms. The standard InChI is InChI=1S/C26H33N3O5/c1-26(25-12-13-27-29(25)3,20-6-8-21(30-4)9-7-20)34-16-5-14-28(2)15-17-31-22-10-11-23-24(18-22)33-19-32-23/h6-13,18H,5,14-17,19H2,1-4H3. The average Bonchev–Trinajstić information content (AvgIpc) is 3.50. The van der Waals surface area contributed by atoms with Crippen molar-refractivity contribution >= 4 is 0 Å². The number of methoxy groups -OCH3 is 1. The SMILES string of the molecule is COc1ccc(C(C)(OCCCN(C)CCOc2ccc3c(c2)OCO3)c2ccnn2C)cc1. The highest BCUT2D eigenvalue weighted by Crippen LogP contribution is 2.35. The highest BCUT2D eigenvalue weighted by molar-refractivity contribution is 5.46. The van der Waals surface area contributed by atoms with Gasteiger partial charge in [-0.1, -0.05) is 12.1 Å². The van der Waals surface area contributed by atoms with Gasteiger partial charge in [0.1, 0.15) is 23.7 Å². The molecule has 0 bridgehead atoms. The van der Waals surface area contributed by atoms with Crippen LogP contribution in [0.4, 0.5) is 0 Å². The van der Waals surface area contributed by atoms with Crippen LogP contribution in [0.15, 0.2) is 54.7 Å². The molecule has 1 aliphatic heterocycles. The third-order valence-electron chi connectivity index (χ3n) is 6.11. The Kier molecular flexibility index (Phi) is 7.59. The Hall–Kier alpha value is -3.23. The minimum Gasteiger partial charge on any atom is -0.497 e. The lowest BCUT2D eigenvalue weighted by atomic mass is 9.92. The van der Waals surface area contributed by atoms with Gasteiger partial charge in [0.15, 0.2) is 11.5 Å². The Morgan fingerprint density at radius 1 is 1.00 bits per heavy atom. The van der Waals surface area contributed by atoms with Crippen LogP contribution in [0.25, 0.3) is 0 Å². The van der Waals surface area contributed by atoms with E-state index in [4.69, 9.17) is 23.7 Å². The number of ether oxygens (including phenoxy) is 5. The van der Waals surface area contributed by atoms with Crippen molar-refractivity contribution < 1.29 is 23.7 Å². The van der Waals surface area contributed by atoms with Crippen LogP contribution in [-0.2, 0) is 17.4 Å². The number of aryl methyl sites for hydroxylation is 1. The molecule has 0 fully saturated rings. The van der Waals surface area contributed by atoms with Crippen molar-refractivity contribution in [1.29, 1.82) is 0 Å². The maximum absolute atomic E-state index is 6.50. The normalized spacial score (nSPS) is 14.3. The number of nitrogens with zero attached hydrogens (tertiary/aromatic N) is 3. The monoisotopic (exact) mass is 467 g/mol. The van der Waals surface area contributed by atoms with Gasteiger partial charge in [0.05, 0.1) is 12.8 Å². The minimum absolute atomic E-state index is 0.266. The Balaban J connectivity index is 1.26. The van der Waals surface area contributed by atoms with Crippen molar-refractivity contribution in [2.75, 3.05) is 47.3 Å². The van der Waals surface area contributed by atoms with E-state index in [0.717, 1.165) is 53.8 Å². The molecule has 0 radical (unpaired) electrons. The Morgan fingerprint density at radius 3 is 2.50 bits per heavy atom. The fourth-order valence-corrected chi connectivity index (χ4v) is 4.06.